The molecule has 6 nitrogen and oxygen atoms in total. The van der Waals surface area contributed by atoms with E-state index in [1.54, 1.807) is 0 Å². The van der Waals surface area contributed by atoms with E-state index in [0.717, 1.165) is 6.42 Å². The predicted molar refractivity (Wildman–Crippen MR) is 70.4 cm³/mol. The lowest BCUT2D eigenvalue weighted by Gasteiger charge is -2.04. The Morgan fingerprint density at radius 1 is 1.30 bits per heavy atom. The Kier molecular flexibility index (Phi) is 3.92. The molecule has 0 aliphatic heterocycles. The highest BCUT2D eigenvalue weighted by Crippen LogP contribution is 2.38. The molecule has 1 aromatic rings. The zero-order valence-corrected chi connectivity index (χ0v) is 11.7. The molecule has 0 spiro atoms. The third-order valence-electron chi connectivity index (χ3n) is 3.26. The van der Waals surface area contributed by atoms with Gasteiger partial charge in [-0.15, -0.1) is 0 Å². The molecular formula is C13H15NO5S. The van der Waals surface area contributed by atoms with Gasteiger partial charge in [0, 0.05) is 5.56 Å². The second-order valence-electron chi connectivity index (χ2n) is 4.92. The number of hydrogen-bond acceptors (Lipinski definition) is 5. The average molecular weight is 297 g/mol. The maximum absolute atomic E-state index is 11.8. The van der Waals surface area contributed by atoms with Gasteiger partial charge >= 0.3 is 5.97 Å². The van der Waals surface area contributed by atoms with E-state index >= 15 is 0 Å². The minimum absolute atomic E-state index is 0.0714. The second-order valence-corrected chi connectivity index (χ2v) is 6.48. The van der Waals surface area contributed by atoms with Crippen molar-refractivity contribution in [3.8, 4) is 0 Å². The molecule has 0 amide bonds. The van der Waals surface area contributed by atoms with Crippen LogP contribution in [0.1, 0.15) is 23.7 Å². The summed E-state index contributed by atoms with van der Waals surface area (Å²) < 4.78 is 27.0. The smallest absolute Gasteiger partial charge is 0.309 e. The van der Waals surface area contributed by atoms with Crippen LogP contribution < -0.4 is 5.14 Å². The van der Waals surface area contributed by atoms with Gasteiger partial charge in [-0.25, -0.2) is 13.6 Å². The lowest BCUT2D eigenvalue weighted by atomic mass is 10.1. The van der Waals surface area contributed by atoms with Crippen molar-refractivity contribution in [3.05, 3.63) is 29.8 Å². The van der Waals surface area contributed by atoms with Crippen molar-refractivity contribution < 1.29 is 22.7 Å². The van der Waals surface area contributed by atoms with Gasteiger partial charge in [-0.1, -0.05) is 6.92 Å². The molecule has 0 heterocycles. The third-order valence-corrected chi connectivity index (χ3v) is 4.19. The molecule has 1 fully saturated rings. The van der Waals surface area contributed by atoms with Gasteiger partial charge < -0.3 is 4.74 Å². The van der Waals surface area contributed by atoms with Crippen LogP contribution >= 0.6 is 0 Å². The molecule has 0 aromatic heterocycles. The molecule has 2 N–H and O–H groups in total. The van der Waals surface area contributed by atoms with E-state index in [1.165, 1.54) is 24.3 Å². The average Bonchev–Trinajstić information content (AvgIpc) is 3.12. The van der Waals surface area contributed by atoms with Gasteiger partial charge in [0.05, 0.1) is 10.8 Å². The lowest BCUT2D eigenvalue weighted by Crippen LogP contribution is -2.16. The lowest BCUT2D eigenvalue weighted by molar-refractivity contribution is -0.144. The summed E-state index contributed by atoms with van der Waals surface area (Å²) in [4.78, 5) is 23.2. The maximum Gasteiger partial charge on any atom is 0.309 e. The summed E-state index contributed by atoms with van der Waals surface area (Å²) in [7, 11) is -3.78. The fourth-order valence-corrected chi connectivity index (χ4v) is 2.32. The quantitative estimate of drug-likeness (QED) is 0.637. The molecule has 1 aliphatic rings. The van der Waals surface area contributed by atoms with Crippen LogP contribution in [0.5, 0.6) is 0 Å². The molecule has 0 saturated heterocycles. The van der Waals surface area contributed by atoms with E-state index < -0.39 is 10.0 Å². The Morgan fingerprint density at radius 2 is 1.85 bits per heavy atom. The third kappa shape index (κ3) is 3.43. The van der Waals surface area contributed by atoms with Crippen LogP contribution in [0.2, 0.25) is 0 Å². The van der Waals surface area contributed by atoms with Gasteiger partial charge in [-0.3, -0.25) is 9.59 Å². The topological polar surface area (TPSA) is 104 Å². The Bertz CT molecular complexity index is 635. The van der Waals surface area contributed by atoms with Gasteiger partial charge in [0.15, 0.2) is 12.4 Å². The Morgan fingerprint density at radius 3 is 2.30 bits per heavy atom. The molecular weight excluding hydrogens is 282 g/mol. The van der Waals surface area contributed by atoms with E-state index in [1.807, 2.05) is 6.92 Å². The van der Waals surface area contributed by atoms with Crippen molar-refractivity contribution in [1.29, 1.82) is 0 Å². The van der Waals surface area contributed by atoms with Gasteiger partial charge in [-0.2, -0.15) is 0 Å². The number of hydrogen-bond donors (Lipinski definition) is 1. The fraction of sp³-hybridized carbons (Fsp3) is 0.385. The number of ketones is 1. The first kappa shape index (κ1) is 14.7. The zero-order chi connectivity index (χ0) is 14.9. The van der Waals surface area contributed by atoms with Crippen LogP contribution in [0.25, 0.3) is 0 Å². The van der Waals surface area contributed by atoms with Crippen LogP contribution in [0.4, 0.5) is 0 Å². The van der Waals surface area contributed by atoms with Crippen LogP contribution in [0.3, 0.4) is 0 Å². The van der Waals surface area contributed by atoms with Crippen molar-refractivity contribution in [2.75, 3.05) is 6.61 Å². The molecule has 2 rings (SSSR count). The largest absolute Gasteiger partial charge is 0.457 e. The Labute approximate surface area is 117 Å². The molecule has 1 aliphatic carbocycles. The highest BCUT2D eigenvalue weighted by atomic mass is 32.2. The number of sulfonamides is 1. The molecule has 108 valence electrons. The number of esters is 1. The van der Waals surface area contributed by atoms with E-state index in [0.29, 0.717) is 5.92 Å². The van der Waals surface area contributed by atoms with E-state index in [2.05, 4.69) is 0 Å². The van der Waals surface area contributed by atoms with E-state index in [-0.39, 0.29) is 34.7 Å². The minimum atomic E-state index is -3.78. The first-order chi connectivity index (χ1) is 9.29. The summed E-state index contributed by atoms with van der Waals surface area (Å²) in [5.74, 6) is -0.501. The normalized spacial score (nSPS) is 21.3. The standard InChI is InChI=1S/C13H15NO5S/c1-8-6-11(8)13(16)19-7-12(15)9-2-4-10(5-3-9)20(14,17)18/h2-5,8,11H,6-7H2,1H3,(H2,14,17,18)/t8-,11+/m0/s1. The van der Waals surface area contributed by atoms with Crippen molar-refractivity contribution in [2.45, 2.75) is 18.2 Å². The molecule has 0 radical (unpaired) electrons. The summed E-state index contributed by atoms with van der Waals surface area (Å²) in [5, 5.41) is 4.95. The number of Topliss-reactive ketones (excluding diaryl/α,β-unsaturated/α-hetero) is 1. The van der Waals surface area contributed by atoms with Gasteiger partial charge in [0.2, 0.25) is 10.0 Å². The highest BCUT2D eigenvalue weighted by Gasteiger charge is 2.40. The summed E-state index contributed by atoms with van der Waals surface area (Å²) >= 11 is 0. The Hall–Kier alpha value is -1.73. The summed E-state index contributed by atoms with van der Waals surface area (Å²) in [6, 6.07) is 5.17. The summed E-state index contributed by atoms with van der Waals surface area (Å²) in [6.45, 7) is 1.61. The molecule has 20 heavy (non-hydrogen) atoms. The molecule has 0 bridgehead atoms. The van der Waals surface area contributed by atoms with Crippen LogP contribution in [-0.4, -0.2) is 26.8 Å². The molecule has 7 heteroatoms. The SMILES string of the molecule is C[C@H]1C[C@H]1C(=O)OCC(=O)c1ccc(S(N)(=O)=O)cc1. The van der Waals surface area contributed by atoms with Crippen molar-refractivity contribution in [2.24, 2.45) is 17.0 Å². The van der Waals surface area contributed by atoms with Gasteiger partial charge in [-0.05, 0) is 36.6 Å². The predicted octanol–water partition coefficient (Wildman–Crippen LogP) is 0.716. The van der Waals surface area contributed by atoms with Gasteiger partial charge in [0.25, 0.3) is 0 Å². The van der Waals surface area contributed by atoms with Gasteiger partial charge in [0.1, 0.15) is 0 Å². The summed E-state index contributed by atoms with van der Waals surface area (Å²) in [5.41, 5.74) is 0.272. The molecule has 2 atom stereocenters. The number of carbonyl (C=O) groups excluding carboxylic acids is 2. The number of carbonyl (C=O) groups is 2. The van der Waals surface area contributed by atoms with Crippen LogP contribution in [0, 0.1) is 11.8 Å². The molecule has 1 aromatic carbocycles. The molecule has 1 saturated carbocycles. The van der Waals surface area contributed by atoms with Crippen molar-refractivity contribution >= 4 is 21.8 Å². The number of ether oxygens (including phenoxy) is 1. The van der Waals surface area contributed by atoms with E-state index in [4.69, 9.17) is 9.88 Å². The fourth-order valence-electron chi connectivity index (χ4n) is 1.81. The van der Waals surface area contributed by atoms with Crippen molar-refractivity contribution in [3.63, 3.8) is 0 Å². The molecule has 0 unspecified atom stereocenters. The second kappa shape index (κ2) is 5.34. The number of benzene rings is 1. The zero-order valence-electron chi connectivity index (χ0n) is 10.9. The minimum Gasteiger partial charge on any atom is -0.457 e. The van der Waals surface area contributed by atoms with E-state index in [9.17, 15) is 18.0 Å². The first-order valence-electron chi connectivity index (χ1n) is 6.11. The first-order valence-corrected chi connectivity index (χ1v) is 7.66. The van der Waals surface area contributed by atoms with Crippen LogP contribution in [-0.2, 0) is 19.6 Å². The number of primary sulfonamides is 1. The monoisotopic (exact) mass is 297 g/mol. The number of nitrogens with two attached hydrogens (primary N) is 1. The maximum atomic E-state index is 11.8. The number of rotatable bonds is 5. The summed E-state index contributed by atoms with van der Waals surface area (Å²) in [6.07, 6.45) is 0.802. The van der Waals surface area contributed by atoms with Crippen molar-refractivity contribution in [1.82, 2.24) is 0 Å². The highest BCUT2D eigenvalue weighted by molar-refractivity contribution is 7.89. The van der Waals surface area contributed by atoms with Crippen LogP contribution in [0.15, 0.2) is 29.2 Å². The Balaban J connectivity index is 1.94.